The first kappa shape index (κ1) is 17.9. The quantitative estimate of drug-likeness (QED) is 0.734. The van der Waals surface area contributed by atoms with Crippen molar-refractivity contribution in [3.8, 4) is 5.75 Å². The standard InChI is InChI=1S/C21H21FN2O2S/c22-17-9-4-10-18-19(17)16(13-26-15-7-2-1-3-8-15)20(27-18)21(25)24-11-5-6-14(23)12-24/h1-4,7-10,14H,5-6,11-13,23H2. The molecule has 0 bridgehead atoms. The molecule has 2 aromatic carbocycles. The van der Waals surface area contributed by atoms with Crippen LogP contribution in [0.1, 0.15) is 28.1 Å². The number of para-hydroxylation sites is 1. The third kappa shape index (κ3) is 3.68. The van der Waals surface area contributed by atoms with Gasteiger partial charge in [-0.1, -0.05) is 24.3 Å². The molecule has 1 atom stereocenters. The summed E-state index contributed by atoms with van der Waals surface area (Å²) in [6.07, 6.45) is 1.82. The van der Waals surface area contributed by atoms with Crippen molar-refractivity contribution in [2.24, 2.45) is 5.73 Å². The van der Waals surface area contributed by atoms with Crippen LogP contribution in [0.2, 0.25) is 0 Å². The molecular weight excluding hydrogens is 363 g/mol. The Morgan fingerprint density at radius 3 is 2.81 bits per heavy atom. The highest BCUT2D eigenvalue weighted by atomic mass is 32.1. The molecule has 1 amide bonds. The van der Waals surface area contributed by atoms with Gasteiger partial charge in [0.05, 0.1) is 4.88 Å². The van der Waals surface area contributed by atoms with Gasteiger partial charge in [-0.2, -0.15) is 0 Å². The maximum atomic E-state index is 14.6. The van der Waals surface area contributed by atoms with Crippen LogP contribution in [0.4, 0.5) is 4.39 Å². The highest BCUT2D eigenvalue weighted by Gasteiger charge is 2.28. The number of likely N-dealkylation sites (tertiary alicyclic amines) is 1. The van der Waals surface area contributed by atoms with Gasteiger partial charge < -0.3 is 15.4 Å². The van der Waals surface area contributed by atoms with Crippen molar-refractivity contribution in [3.63, 3.8) is 0 Å². The lowest BCUT2D eigenvalue weighted by Gasteiger charge is -2.30. The predicted molar refractivity (Wildman–Crippen MR) is 106 cm³/mol. The number of hydrogen-bond donors (Lipinski definition) is 1. The minimum Gasteiger partial charge on any atom is -0.489 e. The van der Waals surface area contributed by atoms with Crippen LogP contribution < -0.4 is 10.5 Å². The zero-order valence-corrected chi connectivity index (χ0v) is 15.7. The third-order valence-electron chi connectivity index (χ3n) is 4.83. The molecule has 3 aromatic rings. The molecule has 2 heterocycles. The van der Waals surface area contributed by atoms with E-state index >= 15 is 0 Å². The Bertz CT molecular complexity index is 957. The van der Waals surface area contributed by atoms with Crippen LogP contribution in [-0.2, 0) is 6.61 Å². The number of thiophene rings is 1. The van der Waals surface area contributed by atoms with Gasteiger partial charge in [0.15, 0.2) is 0 Å². The smallest absolute Gasteiger partial charge is 0.264 e. The highest BCUT2D eigenvalue weighted by molar-refractivity contribution is 7.21. The molecule has 0 radical (unpaired) electrons. The molecule has 1 fully saturated rings. The Hall–Kier alpha value is -2.44. The Balaban J connectivity index is 1.70. The predicted octanol–water partition coefficient (Wildman–Crippen LogP) is 4.18. The van der Waals surface area contributed by atoms with Crippen molar-refractivity contribution in [1.82, 2.24) is 4.90 Å². The van der Waals surface area contributed by atoms with E-state index < -0.39 is 0 Å². The number of fused-ring (bicyclic) bond motifs is 1. The van der Waals surface area contributed by atoms with E-state index in [1.54, 1.807) is 11.0 Å². The fourth-order valence-electron chi connectivity index (χ4n) is 3.49. The second-order valence-electron chi connectivity index (χ2n) is 6.78. The number of piperidine rings is 1. The van der Waals surface area contributed by atoms with Crippen molar-refractivity contribution < 1.29 is 13.9 Å². The molecule has 1 aliphatic heterocycles. The van der Waals surface area contributed by atoms with Gasteiger partial charge in [-0.05, 0) is 37.1 Å². The summed E-state index contributed by atoms with van der Waals surface area (Å²) >= 11 is 1.32. The molecule has 2 N–H and O–H groups in total. The number of hydrogen-bond acceptors (Lipinski definition) is 4. The van der Waals surface area contributed by atoms with Crippen molar-refractivity contribution in [2.75, 3.05) is 13.1 Å². The van der Waals surface area contributed by atoms with E-state index in [-0.39, 0.29) is 24.4 Å². The molecule has 0 spiro atoms. The number of nitrogens with zero attached hydrogens (tertiary/aromatic N) is 1. The van der Waals surface area contributed by atoms with Gasteiger partial charge in [-0.25, -0.2) is 4.39 Å². The molecule has 1 unspecified atom stereocenters. The summed E-state index contributed by atoms with van der Waals surface area (Å²) in [5.74, 6) is 0.272. The van der Waals surface area contributed by atoms with E-state index in [4.69, 9.17) is 10.5 Å². The third-order valence-corrected chi connectivity index (χ3v) is 6.01. The lowest BCUT2D eigenvalue weighted by atomic mass is 10.1. The number of rotatable bonds is 4. The zero-order valence-electron chi connectivity index (χ0n) is 14.9. The van der Waals surface area contributed by atoms with Crippen LogP contribution in [0, 0.1) is 5.82 Å². The van der Waals surface area contributed by atoms with Crippen LogP contribution in [0.3, 0.4) is 0 Å². The first-order chi connectivity index (χ1) is 13.1. The topological polar surface area (TPSA) is 55.6 Å². The van der Waals surface area contributed by atoms with E-state index in [2.05, 4.69) is 0 Å². The molecule has 6 heteroatoms. The Kier molecular flexibility index (Phi) is 5.09. The van der Waals surface area contributed by atoms with Gasteiger partial charge in [0, 0.05) is 34.8 Å². The summed E-state index contributed by atoms with van der Waals surface area (Å²) in [7, 11) is 0. The van der Waals surface area contributed by atoms with Crippen LogP contribution in [-0.4, -0.2) is 29.9 Å². The summed E-state index contributed by atoms with van der Waals surface area (Å²) in [6.45, 7) is 1.36. The molecule has 0 aliphatic carbocycles. The van der Waals surface area contributed by atoms with Crippen molar-refractivity contribution >= 4 is 27.3 Å². The highest BCUT2D eigenvalue weighted by Crippen LogP contribution is 2.35. The molecule has 27 heavy (non-hydrogen) atoms. The number of ether oxygens (including phenoxy) is 1. The van der Waals surface area contributed by atoms with Crippen molar-refractivity contribution in [1.29, 1.82) is 0 Å². The van der Waals surface area contributed by atoms with Gasteiger partial charge in [0.1, 0.15) is 18.2 Å². The second-order valence-corrected chi connectivity index (χ2v) is 7.83. The maximum absolute atomic E-state index is 14.6. The van der Waals surface area contributed by atoms with E-state index in [1.165, 1.54) is 17.4 Å². The van der Waals surface area contributed by atoms with Crippen molar-refractivity contribution in [3.05, 3.63) is 64.8 Å². The molecule has 1 aliphatic rings. The average Bonchev–Trinajstić information content (AvgIpc) is 3.06. The zero-order chi connectivity index (χ0) is 18.8. The molecule has 0 saturated carbocycles. The van der Waals surface area contributed by atoms with E-state index in [1.807, 2.05) is 36.4 Å². The van der Waals surface area contributed by atoms with E-state index in [0.717, 1.165) is 17.5 Å². The minimum absolute atomic E-state index is 0.00201. The van der Waals surface area contributed by atoms with Crippen LogP contribution in [0.5, 0.6) is 5.75 Å². The van der Waals surface area contributed by atoms with E-state index in [9.17, 15) is 9.18 Å². The molecular formula is C21H21FN2O2S. The first-order valence-electron chi connectivity index (χ1n) is 9.06. The van der Waals surface area contributed by atoms with Crippen LogP contribution >= 0.6 is 11.3 Å². The normalized spacial score (nSPS) is 17.3. The van der Waals surface area contributed by atoms with Crippen LogP contribution in [0.25, 0.3) is 10.1 Å². The monoisotopic (exact) mass is 384 g/mol. The largest absolute Gasteiger partial charge is 0.489 e. The van der Waals surface area contributed by atoms with Crippen LogP contribution in [0.15, 0.2) is 48.5 Å². The lowest BCUT2D eigenvalue weighted by molar-refractivity contribution is 0.0711. The summed E-state index contributed by atoms with van der Waals surface area (Å²) < 4.78 is 21.2. The average molecular weight is 384 g/mol. The fraction of sp³-hybridized carbons (Fsp3) is 0.286. The number of benzene rings is 2. The number of carbonyl (C=O) groups excluding carboxylic acids is 1. The number of amides is 1. The second kappa shape index (κ2) is 7.66. The molecule has 1 aromatic heterocycles. The Labute approximate surface area is 161 Å². The molecule has 4 rings (SSSR count). The minimum atomic E-state index is -0.329. The molecule has 4 nitrogen and oxygen atoms in total. The van der Waals surface area contributed by atoms with E-state index in [0.29, 0.717) is 34.7 Å². The summed E-state index contributed by atoms with van der Waals surface area (Å²) in [5.41, 5.74) is 6.65. The maximum Gasteiger partial charge on any atom is 0.264 e. The summed E-state index contributed by atoms with van der Waals surface area (Å²) in [6, 6.07) is 14.3. The lowest BCUT2D eigenvalue weighted by Crippen LogP contribution is -2.45. The number of nitrogens with two attached hydrogens (primary N) is 1. The van der Waals surface area contributed by atoms with Gasteiger partial charge in [0.25, 0.3) is 5.91 Å². The summed E-state index contributed by atoms with van der Waals surface area (Å²) in [4.78, 5) is 15.5. The first-order valence-corrected chi connectivity index (χ1v) is 9.87. The Morgan fingerprint density at radius 1 is 1.22 bits per heavy atom. The molecule has 1 saturated heterocycles. The van der Waals surface area contributed by atoms with Gasteiger partial charge in [0.2, 0.25) is 0 Å². The SMILES string of the molecule is NC1CCCN(C(=O)c2sc3cccc(F)c3c2COc2ccccc2)C1. The van der Waals surface area contributed by atoms with Gasteiger partial charge >= 0.3 is 0 Å². The summed E-state index contributed by atoms with van der Waals surface area (Å²) in [5, 5.41) is 0.475. The number of carbonyl (C=O) groups is 1. The van der Waals surface area contributed by atoms with Gasteiger partial charge in [-0.15, -0.1) is 11.3 Å². The molecule has 140 valence electrons. The van der Waals surface area contributed by atoms with Gasteiger partial charge in [-0.3, -0.25) is 4.79 Å². The van der Waals surface area contributed by atoms with Crippen molar-refractivity contribution in [2.45, 2.75) is 25.5 Å². The fourth-order valence-corrected chi connectivity index (χ4v) is 4.68. The Morgan fingerprint density at radius 2 is 2.04 bits per heavy atom. The number of halogens is 1.